The van der Waals surface area contributed by atoms with Gasteiger partial charge in [0, 0.05) is 35.6 Å². The Hall–Kier alpha value is -3.21. The van der Waals surface area contributed by atoms with Crippen molar-refractivity contribution in [2.45, 2.75) is 32.2 Å². The molecule has 1 unspecified atom stereocenters. The molecule has 5 nitrogen and oxygen atoms in total. The maximum absolute atomic E-state index is 12.8. The number of ketones is 1. The van der Waals surface area contributed by atoms with Gasteiger partial charge in [0.05, 0.1) is 5.69 Å². The molecule has 5 heteroatoms. The molecule has 1 atom stereocenters. The molecule has 2 aromatic heterocycles. The number of carbonyl (C=O) groups is 1. The van der Waals surface area contributed by atoms with Crippen LogP contribution in [0.25, 0.3) is 11.1 Å². The highest BCUT2D eigenvalue weighted by Gasteiger charge is 2.37. The van der Waals surface area contributed by atoms with Gasteiger partial charge in [-0.25, -0.2) is 4.68 Å². The molecule has 0 spiro atoms. The Morgan fingerprint density at radius 2 is 1.96 bits per heavy atom. The second-order valence-corrected chi connectivity index (χ2v) is 7.10. The molecule has 1 aliphatic heterocycles. The zero-order chi connectivity index (χ0) is 18.4. The van der Waals surface area contributed by atoms with Crippen molar-refractivity contribution >= 4 is 11.6 Å². The van der Waals surface area contributed by atoms with Gasteiger partial charge in [0.15, 0.2) is 5.78 Å². The predicted molar refractivity (Wildman–Crippen MR) is 104 cm³/mol. The van der Waals surface area contributed by atoms with Crippen molar-refractivity contribution in [3.05, 3.63) is 77.4 Å². The fourth-order valence-corrected chi connectivity index (χ4v) is 4.23. The van der Waals surface area contributed by atoms with Crippen LogP contribution in [0.15, 0.2) is 66.1 Å². The predicted octanol–water partition coefficient (Wildman–Crippen LogP) is 4.28. The van der Waals surface area contributed by atoms with E-state index in [0.29, 0.717) is 6.42 Å². The third kappa shape index (κ3) is 2.50. The summed E-state index contributed by atoms with van der Waals surface area (Å²) in [6, 6.07) is 14.0. The smallest absolute Gasteiger partial charge is 0.163 e. The first-order chi connectivity index (χ1) is 13.2. The molecule has 27 heavy (non-hydrogen) atoms. The number of fused-ring (bicyclic) bond motifs is 1. The summed E-state index contributed by atoms with van der Waals surface area (Å²) in [5.74, 6) is 1.17. The lowest BCUT2D eigenvalue weighted by Crippen LogP contribution is -2.31. The summed E-state index contributed by atoms with van der Waals surface area (Å²) >= 11 is 0. The first-order valence-corrected chi connectivity index (χ1v) is 9.32. The van der Waals surface area contributed by atoms with E-state index >= 15 is 0 Å². The van der Waals surface area contributed by atoms with Crippen LogP contribution >= 0.6 is 0 Å². The second-order valence-electron chi connectivity index (χ2n) is 7.10. The van der Waals surface area contributed by atoms with Crippen LogP contribution in [-0.4, -0.2) is 20.5 Å². The molecule has 0 saturated heterocycles. The first kappa shape index (κ1) is 16.0. The van der Waals surface area contributed by atoms with Gasteiger partial charge in [0.25, 0.3) is 0 Å². The average Bonchev–Trinajstić information content (AvgIpc) is 3.03. The number of Topliss-reactive ketones (excluding diaryl/α,β-unsaturated/α-hetero) is 1. The molecule has 3 aromatic rings. The molecule has 0 fully saturated rings. The van der Waals surface area contributed by atoms with Gasteiger partial charge in [-0.2, -0.15) is 5.10 Å². The van der Waals surface area contributed by atoms with Gasteiger partial charge in [-0.05, 0) is 37.0 Å². The van der Waals surface area contributed by atoms with Gasteiger partial charge in [-0.15, -0.1) is 0 Å². The van der Waals surface area contributed by atoms with Gasteiger partial charge in [0.2, 0.25) is 0 Å². The van der Waals surface area contributed by atoms with E-state index in [4.69, 9.17) is 5.10 Å². The molecule has 1 aromatic carbocycles. The highest BCUT2D eigenvalue weighted by Crippen LogP contribution is 2.44. The summed E-state index contributed by atoms with van der Waals surface area (Å²) in [7, 11) is 0. The molecule has 1 aliphatic carbocycles. The van der Waals surface area contributed by atoms with E-state index in [0.717, 1.165) is 52.3 Å². The molecule has 0 radical (unpaired) electrons. The Balaban J connectivity index is 1.76. The topological polar surface area (TPSA) is 59.8 Å². The van der Waals surface area contributed by atoms with Crippen molar-refractivity contribution < 1.29 is 4.79 Å². The van der Waals surface area contributed by atoms with Crippen molar-refractivity contribution in [2.75, 3.05) is 5.32 Å². The van der Waals surface area contributed by atoms with Crippen LogP contribution < -0.4 is 5.32 Å². The molecule has 3 heterocycles. The number of allylic oxidation sites excluding steroid dienone is 2. The minimum absolute atomic E-state index is 0.206. The molecular weight excluding hydrogens is 336 g/mol. The summed E-state index contributed by atoms with van der Waals surface area (Å²) in [6.45, 7) is 2.02. The minimum Gasteiger partial charge on any atom is -0.343 e. The Bertz CT molecular complexity index is 1050. The zero-order valence-corrected chi connectivity index (χ0v) is 15.1. The number of anilines is 1. The molecule has 2 aliphatic rings. The SMILES string of the molecule is Cc1nn2c(c1-c1ccccc1)NC1=C(C(=O)CCC1)C2c1cccnc1. The van der Waals surface area contributed by atoms with E-state index in [1.807, 2.05) is 48.1 Å². The zero-order valence-electron chi connectivity index (χ0n) is 15.1. The maximum atomic E-state index is 12.8. The van der Waals surface area contributed by atoms with Gasteiger partial charge in [-0.3, -0.25) is 9.78 Å². The number of nitrogens with one attached hydrogen (secondary N) is 1. The van der Waals surface area contributed by atoms with Crippen LogP contribution in [0.1, 0.15) is 36.6 Å². The van der Waals surface area contributed by atoms with Crippen molar-refractivity contribution in [3.8, 4) is 11.1 Å². The fourth-order valence-electron chi connectivity index (χ4n) is 4.23. The van der Waals surface area contributed by atoms with Crippen LogP contribution in [0.5, 0.6) is 0 Å². The lowest BCUT2D eigenvalue weighted by molar-refractivity contribution is -0.116. The number of benzene rings is 1. The Morgan fingerprint density at radius 1 is 1.11 bits per heavy atom. The summed E-state index contributed by atoms with van der Waals surface area (Å²) in [6.07, 6.45) is 5.96. The molecule has 1 N–H and O–H groups in total. The summed E-state index contributed by atoms with van der Waals surface area (Å²) in [5.41, 5.74) is 6.03. The number of nitrogens with zero attached hydrogens (tertiary/aromatic N) is 3. The van der Waals surface area contributed by atoms with Gasteiger partial charge < -0.3 is 5.32 Å². The molecule has 0 amide bonds. The highest BCUT2D eigenvalue weighted by atomic mass is 16.1. The fraction of sp³-hybridized carbons (Fsp3) is 0.227. The number of hydrogen-bond acceptors (Lipinski definition) is 4. The van der Waals surface area contributed by atoms with E-state index in [2.05, 4.69) is 22.4 Å². The van der Waals surface area contributed by atoms with Crippen molar-refractivity contribution in [1.82, 2.24) is 14.8 Å². The summed E-state index contributed by atoms with van der Waals surface area (Å²) < 4.78 is 1.97. The highest BCUT2D eigenvalue weighted by molar-refractivity contribution is 6.00. The Morgan fingerprint density at radius 3 is 2.74 bits per heavy atom. The van der Waals surface area contributed by atoms with Gasteiger partial charge in [-0.1, -0.05) is 36.4 Å². The molecule has 134 valence electrons. The number of hydrogen-bond donors (Lipinski definition) is 1. The Labute approximate surface area is 157 Å². The number of rotatable bonds is 2. The van der Waals surface area contributed by atoms with Crippen molar-refractivity contribution in [3.63, 3.8) is 0 Å². The van der Waals surface area contributed by atoms with E-state index in [9.17, 15) is 4.79 Å². The number of pyridine rings is 1. The van der Waals surface area contributed by atoms with Gasteiger partial charge >= 0.3 is 0 Å². The van der Waals surface area contributed by atoms with E-state index < -0.39 is 0 Å². The molecule has 0 saturated carbocycles. The monoisotopic (exact) mass is 356 g/mol. The van der Waals surface area contributed by atoms with Crippen LogP contribution in [-0.2, 0) is 4.79 Å². The third-order valence-electron chi connectivity index (χ3n) is 5.39. The molecule has 0 bridgehead atoms. The average molecular weight is 356 g/mol. The second kappa shape index (κ2) is 6.20. The minimum atomic E-state index is -0.228. The van der Waals surface area contributed by atoms with Crippen molar-refractivity contribution in [1.29, 1.82) is 0 Å². The quantitative estimate of drug-likeness (QED) is 0.745. The lowest BCUT2D eigenvalue weighted by atomic mass is 9.85. The van der Waals surface area contributed by atoms with Crippen molar-refractivity contribution in [2.24, 2.45) is 0 Å². The third-order valence-corrected chi connectivity index (χ3v) is 5.39. The van der Waals surface area contributed by atoms with Crippen LogP contribution in [0.4, 0.5) is 5.82 Å². The largest absolute Gasteiger partial charge is 0.343 e. The van der Waals surface area contributed by atoms with E-state index in [1.165, 1.54) is 0 Å². The van der Waals surface area contributed by atoms with E-state index in [-0.39, 0.29) is 11.8 Å². The van der Waals surface area contributed by atoms with Crippen LogP contribution in [0.2, 0.25) is 0 Å². The normalized spacial score (nSPS) is 18.7. The number of carbonyl (C=O) groups excluding carboxylic acids is 1. The Kier molecular flexibility index (Phi) is 3.67. The molecular formula is C22H20N4O. The first-order valence-electron chi connectivity index (χ1n) is 9.32. The number of aryl methyl sites for hydroxylation is 1. The summed E-state index contributed by atoms with van der Waals surface area (Å²) in [4.78, 5) is 17.1. The van der Waals surface area contributed by atoms with Crippen LogP contribution in [0, 0.1) is 6.92 Å². The van der Waals surface area contributed by atoms with E-state index in [1.54, 1.807) is 6.20 Å². The van der Waals surface area contributed by atoms with Gasteiger partial charge in [0.1, 0.15) is 11.9 Å². The standard InChI is InChI=1S/C22H20N4O/c1-14-19(15-7-3-2-4-8-15)22-24-17-10-5-11-18(27)20(17)21(26(22)25-14)16-9-6-12-23-13-16/h2-4,6-9,12-13,21,24H,5,10-11H2,1H3. The number of aromatic nitrogens is 3. The lowest BCUT2D eigenvalue weighted by Gasteiger charge is -2.33. The summed E-state index contributed by atoms with van der Waals surface area (Å²) in [5, 5.41) is 8.41. The molecule has 5 rings (SSSR count). The maximum Gasteiger partial charge on any atom is 0.163 e. The van der Waals surface area contributed by atoms with Crippen LogP contribution in [0.3, 0.4) is 0 Å².